The average molecular weight is 258 g/mol. The van der Waals surface area contributed by atoms with Gasteiger partial charge in [-0.3, -0.25) is 0 Å². The van der Waals surface area contributed by atoms with Crippen molar-refractivity contribution < 1.29 is 5.11 Å². The monoisotopic (exact) mass is 257 g/mol. The summed E-state index contributed by atoms with van der Waals surface area (Å²) in [6, 6.07) is 0. The minimum Gasteiger partial charge on any atom is -0.393 e. The number of aliphatic hydroxyl groups excluding tert-OH is 1. The SMILES string of the molecule is Nc1ncc([C@@H]2CC[C@H](O)C2)nc1Br. The fraction of sp³-hybridized carbons (Fsp3) is 0.556. The van der Waals surface area contributed by atoms with Crippen molar-refractivity contribution in [2.45, 2.75) is 31.3 Å². The van der Waals surface area contributed by atoms with Gasteiger partial charge in [0.25, 0.3) is 0 Å². The molecule has 1 aromatic rings. The highest BCUT2D eigenvalue weighted by Crippen LogP contribution is 2.33. The van der Waals surface area contributed by atoms with Crippen LogP contribution >= 0.6 is 15.9 Å². The fourth-order valence-corrected chi connectivity index (χ4v) is 2.12. The molecule has 1 aliphatic rings. The third kappa shape index (κ3) is 1.88. The molecule has 1 saturated carbocycles. The number of hydrogen-bond acceptors (Lipinski definition) is 4. The number of nitrogens with two attached hydrogens (primary N) is 1. The minimum atomic E-state index is -0.182. The summed E-state index contributed by atoms with van der Waals surface area (Å²) in [7, 11) is 0. The number of anilines is 1. The molecule has 0 aliphatic heterocycles. The predicted molar refractivity (Wildman–Crippen MR) is 56.7 cm³/mol. The second-order valence-corrected chi connectivity index (χ2v) is 4.39. The Balaban J connectivity index is 2.20. The molecule has 1 heterocycles. The second kappa shape index (κ2) is 3.82. The van der Waals surface area contributed by atoms with Crippen molar-refractivity contribution in [3.05, 3.63) is 16.5 Å². The van der Waals surface area contributed by atoms with Crippen LogP contribution in [0.4, 0.5) is 5.82 Å². The van der Waals surface area contributed by atoms with Gasteiger partial charge >= 0.3 is 0 Å². The van der Waals surface area contributed by atoms with Crippen LogP contribution in [0.3, 0.4) is 0 Å². The molecule has 2 rings (SSSR count). The summed E-state index contributed by atoms with van der Waals surface area (Å²) in [6.45, 7) is 0. The van der Waals surface area contributed by atoms with Crippen LogP contribution in [0, 0.1) is 0 Å². The number of halogens is 1. The Labute approximate surface area is 90.7 Å². The Morgan fingerprint density at radius 2 is 2.29 bits per heavy atom. The Bertz CT molecular complexity index is 345. The van der Waals surface area contributed by atoms with Gasteiger partial charge in [0.05, 0.1) is 18.0 Å². The molecule has 2 atom stereocenters. The van der Waals surface area contributed by atoms with E-state index in [2.05, 4.69) is 25.9 Å². The number of hydrogen-bond donors (Lipinski definition) is 2. The molecule has 0 radical (unpaired) electrons. The van der Waals surface area contributed by atoms with Gasteiger partial charge in [-0.05, 0) is 35.2 Å². The largest absolute Gasteiger partial charge is 0.393 e. The van der Waals surface area contributed by atoms with E-state index < -0.39 is 0 Å². The van der Waals surface area contributed by atoms with E-state index in [1.165, 1.54) is 0 Å². The quantitative estimate of drug-likeness (QED) is 0.799. The van der Waals surface area contributed by atoms with Gasteiger partial charge in [-0.2, -0.15) is 0 Å². The van der Waals surface area contributed by atoms with Crippen LogP contribution in [0.5, 0.6) is 0 Å². The van der Waals surface area contributed by atoms with Crippen LogP contribution in [0.15, 0.2) is 10.8 Å². The van der Waals surface area contributed by atoms with Gasteiger partial charge < -0.3 is 10.8 Å². The van der Waals surface area contributed by atoms with Gasteiger partial charge in [0.1, 0.15) is 4.60 Å². The summed E-state index contributed by atoms with van der Waals surface area (Å²) in [5, 5.41) is 9.40. The highest BCUT2D eigenvalue weighted by molar-refractivity contribution is 9.10. The third-order valence-electron chi connectivity index (χ3n) is 2.60. The van der Waals surface area contributed by atoms with Crippen molar-refractivity contribution in [3.63, 3.8) is 0 Å². The van der Waals surface area contributed by atoms with Crippen LogP contribution in [0.2, 0.25) is 0 Å². The first-order chi connectivity index (χ1) is 6.66. The number of rotatable bonds is 1. The first kappa shape index (κ1) is 9.86. The molecule has 0 saturated heterocycles. The molecule has 1 aromatic heterocycles. The van der Waals surface area contributed by atoms with Gasteiger partial charge in [-0.15, -0.1) is 0 Å². The highest BCUT2D eigenvalue weighted by atomic mass is 79.9. The lowest BCUT2D eigenvalue weighted by atomic mass is 10.0. The highest BCUT2D eigenvalue weighted by Gasteiger charge is 2.25. The summed E-state index contributed by atoms with van der Waals surface area (Å²) >= 11 is 3.25. The standard InChI is InChI=1S/C9H12BrN3O/c10-8-9(11)12-4-7(13-8)5-1-2-6(14)3-5/h4-6,14H,1-3H2,(H2,11,12)/t5-,6+/m1/s1. The van der Waals surface area contributed by atoms with Crippen LogP contribution in [0.1, 0.15) is 30.9 Å². The fourth-order valence-electron chi connectivity index (χ4n) is 1.81. The zero-order valence-electron chi connectivity index (χ0n) is 7.65. The topological polar surface area (TPSA) is 72.0 Å². The van der Waals surface area contributed by atoms with Crippen LogP contribution < -0.4 is 5.73 Å². The van der Waals surface area contributed by atoms with Crippen molar-refractivity contribution in [1.29, 1.82) is 0 Å². The van der Waals surface area contributed by atoms with E-state index in [-0.39, 0.29) is 6.10 Å². The number of nitrogens with zero attached hydrogens (tertiary/aromatic N) is 2. The molecule has 3 N–H and O–H groups in total. The average Bonchev–Trinajstić information content (AvgIpc) is 2.57. The van der Waals surface area contributed by atoms with E-state index in [1.807, 2.05) is 0 Å². The molecule has 5 heteroatoms. The summed E-state index contributed by atoms with van der Waals surface area (Å²) in [5.41, 5.74) is 6.46. The molecule has 76 valence electrons. The Hall–Kier alpha value is -0.680. The molecule has 0 unspecified atom stereocenters. The van der Waals surface area contributed by atoms with Crippen molar-refractivity contribution >= 4 is 21.7 Å². The van der Waals surface area contributed by atoms with Gasteiger partial charge in [0.15, 0.2) is 5.82 Å². The zero-order chi connectivity index (χ0) is 10.1. The first-order valence-corrected chi connectivity index (χ1v) is 5.42. The lowest BCUT2D eigenvalue weighted by molar-refractivity contribution is 0.181. The van der Waals surface area contributed by atoms with Crippen molar-refractivity contribution in [2.75, 3.05) is 5.73 Å². The molecule has 0 bridgehead atoms. The number of aromatic nitrogens is 2. The molecule has 0 aromatic carbocycles. The molecule has 4 nitrogen and oxygen atoms in total. The summed E-state index contributed by atoms with van der Waals surface area (Å²) in [5.74, 6) is 0.738. The predicted octanol–water partition coefficient (Wildman–Crippen LogP) is 1.45. The first-order valence-electron chi connectivity index (χ1n) is 4.63. The van der Waals surface area contributed by atoms with Crippen molar-refractivity contribution in [3.8, 4) is 0 Å². The van der Waals surface area contributed by atoms with E-state index in [0.29, 0.717) is 16.3 Å². The molecule has 0 amide bonds. The maximum Gasteiger partial charge on any atom is 0.156 e. The summed E-state index contributed by atoms with van der Waals surface area (Å²) in [4.78, 5) is 8.34. The number of nitrogen functional groups attached to an aromatic ring is 1. The van der Waals surface area contributed by atoms with Gasteiger partial charge in [-0.1, -0.05) is 0 Å². The molecule has 0 spiro atoms. The van der Waals surface area contributed by atoms with E-state index in [0.717, 1.165) is 25.0 Å². The second-order valence-electron chi connectivity index (χ2n) is 3.63. The van der Waals surface area contributed by atoms with E-state index >= 15 is 0 Å². The van der Waals surface area contributed by atoms with Crippen molar-refractivity contribution in [2.24, 2.45) is 0 Å². The summed E-state index contributed by atoms with van der Waals surface area (Å²) < 4.78 is 0.594. The van der Waals surface area contributed by atoms with Crippen LogP contribution in [-0.4, -0.2) is 21.2 Å². The van der Waals surface area contributed by atoms with E-state index in [9.17, 15) is 5.11 Å². The van der Waals surface area contributed by atoms with E-state index in [4.69, 9.17) is 5.73 Å². The van der Waals surface area contributed by atoms with Gasteiger partial charge in [0.2, 0.25) is 0 Å². The third-order valence-corrected chi connectivity index (χ3v) is 3.18. The molecule has 1 fully saturated rings. The maximum atomic E-state index is 9.40. The van der Waals surface area contributed by atoms with Gasteiger partial charge in [-0.25, -0.2) is 9.97 Å². The summed E-state index contributed by atoms with van der Waals surface area (Å²) in [6.07, 6.45) is 4.13. The lowest BCUT2D eigenvalue weighted by Gasteiger charge is -2.08. The molecule has 1 aliphatic carbocycles. The zero-order valence-corrected chi connectivity index (χ0v) is 9.24. The smallest absolute Gasteiger partial charge is 0.156 e. The van der Waals surface area contributed by atoms with Crippen LogP contribution in [0.25, 0.3) is 0 Å². The maximum absolute atomic E-state index is 9.40. The Kier molecular flexibility index (Phi) is 2.69. The minimum absolute atomic E-state index is 0.182. The van der Waals surface area contributed by atoms with Gasteiger partial charge in [0, 0.05) is 5.92 Å². The van der Waals surface area contributed by atoms with Crippen LogP contribution in [-0.2, 0) is 0 Å². The molecular formula is C9H12BrN3O. The van der Waals surface area contributed by atoms with Crippen molar-refractivity contribution in [1.82, 2.24) is 9.97 Å². The Morgan fingerprint density at radius 3 is 2.86 bits per heavy atom. The molecule has 14 heavy (non-hydrogen) atoms. The molecular weight excluding hydrogens is 246 g/mol. The number of aliphatic hydroxyl groups is 1. The normalized spacial score (nSPS) is 26.7. The van der Waals surface area contributed by atoms with E-state index in [1.54, 1.807) is 6.20 Å². The lowest BCUT2D eigenvalue weighted by Crippen LogP contribution is -2.03. The Morgan fingerprint density at radius 1 is 1.50 bits per heavy atom.